The summed E-state index contributed by atoms with van der Waals surface area (Å²) in [6.45, 7) is 2.13. The zero-order valence-corrected chi connectivity index (χ0v) is 5.64. The van der Waals surface area contributed by atoms with Crippen molar-refractivity contribution >= 4 is 21.9 Å². The van der Waals surface area contributed by atoms with Crippen LogP contribution in [0.15, 0.2) is 0 Å². The van der Waals surface area contributed by atoms with E-state index in [-0.39, 0.29) is 21.9 Å². The minimum atomic E-state index is -0.276. The molecule has 0 aliphatic carbocycles. The monoisotopic (exact) mass is 167 g/mol. The topological polar surface area (TPSA) is 26.0 Å². The van der Waals surface area contributed by atoms with Crippen LogP contribution in [0, 0.1) is 0 Å². The van der Waals surface area contributed by atoms with Crippen LogP contribution >= 0.6 is 0 Å². The van der Waals surface area contributed by atoms with Gasteiger partial charge in [-0.05, 0) is 0 Å². The van der Waals surface area contributed by atoms with E-state index in [4.69, 9.17) is 3.89 Å². The Morgan fingerprint density at radius 2 is 2.25 bits per heavy atom. The SMILES string of the molecule is C[CH2][SbH][NH2]. The van der Waals surface area contributed by atoms with Gasteiger partial charge in [-0.15, -0.1) is 0 Å². The summed E-state index contributed by atoms with van der Waals surface area (Å²) in [4.78, 5) is 0. The van der Waals surface area contributed by atoms with Crippen LogP contribution in [0.5, 0.6) is 0 Å². The predicted octanol–water partition coefficient (Wildman–Crippen LogP) is -0.265. The van der Waals surface area contributed by atoms with Gasteiger partial charge in [-0.1, -0.05) is 0 Å². The summed E-state index contributed by atoms with van der Waals surface area (Å²) < 4.78 is 6.46. The van der Waals surface area contributed by atoms with E-state index >= 15 is 0 Å². The Balaban J connectivity index is 1.97. The quantitative estimate of drug-likeness (QED) is 0.536. The number of nitrogens with two attached hydrogens (primary N) is 1. The molecule has 1 nitrogen and oxygen atoms in total. The molecule has 2 N–H and O–H groups in total. The molecule has 0 saturated heterocycles. The summed E-state index contributed by atoms with van der Waals surface area (Å²) in [6, 6.07) is 0. The molecule has 0 aromatic heterocycles. The zero-order valence-electron chi connectivity index (χ0n) is 2.78. The van der Waals surface area contributed by atoms with Crippen LogP contribution in [0.3, 0.4) is 0 Å². The molecule has 0 radical (unpaired) electrons. The summed E-state index contributed by atoms with van der Waals surface area (Å²) in [5.41, 5.74) is 0. The van der Waals surface area contributed by atoms with Crippen molar-refractivity contribution in [2.45, 2.75) is 11.3 Å². The van der Waals surface area contributed by atoms with Gasteiger partial charge in [0.2, 0.25) is 0 Å². The van der Waals surface area contributed by atoms with Gasteiger partial charge in [0.15, 0.2) is 0 Å². The van der Waals surface area contributed by atoms with E-state index in [2.05, 4.69) is 6.92 Å². The average molecular weight is 168 g/mol. The van der Waals surface area contributed by atoms with Crippen molar-refractivity contribution in [2.24, 2.45) is 3.89 Å². The molecule has 0 spiro atoms. The molecule has 4 heavy (non-hydrogen) atoms. The van der Waals surface area contributed by atoms with E-state index in [0.29, 0.717) is 0 Å². The first kappa shape index (κ1) is 4.78. The summed E-state index contributed by atoms with van der Waals surface area (Å²) in [5.74, 6) is 0. The molecule has 0 atom stereocenters. The van der Waals surface area contributed by atoms with Crippen LogP contribution < -0.4 is 3.89 Å². The van der Waals surface area contributed by atoms with Crippen LogP contribution in [-0.2, 0) is 0 Å². The first-order chi connectivity index (χ1) is 1.91. The first-order valence-electron chi connectivity index (χ1n) is 1.35. The van der Waals surface area contributed by atoms with Gasteiger partial charge in [-0.25, -0.2) is 0 Å². The van der Waals surface area contributed by atoms with Crippen molar-refractivity contribution in [2.75, 3.05) is 0 Å². The number of hydrogen-bond donors (Lipinski definition) is 1. The standard InChI is InChI=1S/C2H5.H2N.Sb.H/c1-2;;;/h1H2,2H3;1H2;;/q;-1;+1;. The second kappa shape index (κ2) is 3.78. The third kappa shape index (κ3) is 2.78. The van der Waals surface area contributed by atoms with Gasteiger partial charge >= 0.3 is 37.1 Å². The van der Waals surface area contributed by atoms with Crippen LogP contribution in [-0.4, -0.2) is 21.9 Å². The summed E-state index contributed by atoms with van der Waals surface area (Å²) >= 11 is -0.276. The molecule has 0 aromatic carbocycles. The molecular formula is C2H8NSb. The fraction of sp³-hybridized carbons (Fsp3) is 1.00. The van der Waals surface area contributed by atoms with Crippen molar-refractivity contribution in [3.8, 4) is 0 Å². The first-order valence-corrected chi connectivity index (χ1v) is 5.02. The van der Waals surface area contributed by atoms with Crippen LogP contribution in [0.4, 0.5) is 0 Å². The van der Waals surface area contributed by atoms with Gasteiger partial charge in [-0.3, -0.25) is 0 Å². The molecule has 0 rings (SSSR count). The molecule has 0 aliphatic rings. The normalized spacial score (nSPS) is 7.50. The molecule has 0 bridgehead atoms. The fourth-order valence-electron chi connectivity index (χ4n) is 0. The Morgan fingerprint density at radius 1 is 2.00 bits per heavy atom. The van der Waals surface area contributed by atoms with Gasteiger partial charge in [0, 0.05) is 0 Å². The second-order valence-corrected chi connectivity index (χ2v) is 3.74. The van der Waals surface area contributed by atoms with Crippen molar-refractivity contribution < 1.29 is 0 Å². The Bertz CT molecular complexity index is 8.00. The predicted molar refractivity (Wildman–Crippen MR) is 21.8 cm³/mol. The Hall–Kier alpha value is 0.778. The van der Waals surface area contributed by atoms with E-state index in [1.54, 1.807) is 0 Å². The Morgan fingerprint density at radius 3 is 2.25 bits per heavy atom. The summed E-state index contributed by atoms with van der Waals surface area (Å²) in [5, 5.41) is 0. The molecule has 2 heteroatoms. The summed E-state index contributed by atoms with van der Waals surface area (Å²) in [6.07, 6.45) is 0. The van der Waals surface area contributed by atoms with Crippen molar-refractivity contribution in [1.82, 2.24) is 0 Å². The molecule has 0 aromatic rings. The van der Waals surface area contributed by atoms with E-state index in [0.717, 1.165) is 0 Å². The number of rotatable bonds is 1. The minimum absolute atomic E-state index is 0.276. The van der Waals surface area contributed by atoms with Gasteiger partial charge in [0.05, 0.1) is 0 Å². The maximum absolute atomic E-state index is 5.20. The van der Waals surface area contributed by atoms with Gasteiger partial charge in [0.1, 0.15) is 0 Å². The van der Waals surface area contributed by atoms with E-state index < -0.39 is 0 Å². The molecule has 0 aliphatic heterocycles. The van der Waals surface area contributed by atoms with E-state index in [1.165, 1.54) is 4.37 Å². The van der Waals surface area contributed by atoms with Gasteiger partial charge in [0.25, 0.3) is 0 Å². The Kier molecular flexibility index (Phi) is 4.51. The van der Waals surface area contributed by atoms with Gasteiger partial charge in [-0.2, -0.15) is 0 Å². The third-order valence-corrected chi connectivity index (χ3v) is 1.37. The Labute approximate surface area is 37.5 Å². The fourth-order valence-corrected chi connectivity index (χ4v) is 0. The second-order valence-electron chi connectivity index (χ2n) is 0.558. The third-order valence-electron chi connectivity index (χ3n) is 0.204. The van der Waals surface area contributed by atoms with E-state index in [1.807, 2.05) is 0 Å². The zero-order chi connectivity index (χ0) is 3.41. The molecule has 0 amide bonds. The molecular weight excluding hydrogens is 160 g/mol. The van der Waals surface area contributed by atoms with Crippen molar-refractivity contribution in [1.29, 1.82) is 0 Å². The molecule has 0 saturated carbocycles. The van der Waals surface area contributed by atoms with Crippen LogP contribution in [0.2, 0.25) is 4.37 Å². The van der Waals surface area contributed by atoms with Crippen LogP contribution in [0.1, 0.15) is 6.92 Å². The maximum atomic E-state index is 5.20. The van der Waals surface area contributed by atoms with Gasteiger partial charge < -0.3 is 0 Å². The number of hydrogen-bond acceptors (Lipinski definition) is 1. The molecule has 0 heterocycles. The molecule has 0 unspecified atom stereocenters. The van der Waals surface area contributed by atoms with Crippen molar-refractivity contribution in [3.63, 3.8) is 0 Å². The van der Waals surface area contributed by atoms with Crippen molar-refractivity contribution in [3.05, 3.63) is 0 Å². The van der Waals surface area contributed by atoms with Crippen LogP contribution in [0.25, 0.3) is 0 Å². The molecule has 0 fully saturated rings. The average Bonchev–Trinajstić information content (AvgIpc) is 1.37. The van der Waals surface area contributed by atoms with E-state index in [9.17, 15) is 0 Å². The molecule has 26 valence electrons. The summed E-state index contributed by atoms with van der Waals surface area (Å²) in [7, 11) is 0.